The molecule has 0 bridgehead atoms. The molecule has 2 aromatic carbocycles. The normalized spacial score (nSPS) is 15.0. The molecule has 0 saturated carbocycles. The molecule has 0 saturated heterocycles. The largest absolute Gasteiger partial charge is 0.493 e. The van der Waals surface area contributed by atoms with Crippen molar-refractivity contribution >= 4 is 57.1 Å². The summed E-state index contributed by atoms with van der Waals surface area (Å²) in [6, 6.07) is 13.3. The van der Waals surface area contributed by atoms with Crippen molar-refractivity contribution < 1.29 is 14.3 Å². The molecule has 1 atom stereocenters. The van der Waals surface area contributed by atoms with Crippen LogP contribution >= 0.6 is 23.1 Å². The van der Waals surface area contributed by atoms with Crippen LogP contribution in [0.2, 0.25) is 0 Å². The molecule has 3 N–H and O–H groups in total. The average molecular weight is 497 g/mol. The third-order valence-electron chi connectivity index (χ3n) is 5.11. The van der Waals surface area contributed by atoms with Gasteiger partial charge in [-0.05, 0) is 36.2 Å². The first-order chi connectivity index (χ1) is 16.5. The zero-order valence-electron chi connectivity index (χ0n) is 18.9. The zero-order chi connectivity index (χ0) is 24.1. The van der Waals surface area contributed by atoms with Crippen LogP contribution in [0.4, 0.5) is 16.5 Å². The first-order valence-corrected chi connectivity index (χ1v) is 12.3. The number of nitrogen functional groups attached to an aromatic ring is 1. The lowest BCUT2D eigenvalue weighted by Gasteiger charge is -2.22. The highest BCUT2D eigenvalue weighted by molar-refractivity contribution is 8.01. The molecule has 1 aromatic heterocycles. The minimum absolute atomic E-state index is 0.145. The van der Waals surface area contributed by atoms with Gasteiger partial charge in [0, 0.05) is 5.71 Å². The second-order valence-corrected chi connectivity index (χ2v) is 9.46. The summed E-state index contributed by atoms with van der Waals surface area (Å²) in [6.45, 7) is 2.04. The molecule has 11 heteroatoms. The number of anilines is 1. The van der Waals surface area contributed by atoms with Gasteiger partial charge in [0.15, 0.2) is 15.8 Å². The summed E-state index contributed by atoms with van der Waals surface area (Å²) in [4.78, 5) is 22.7. The van der Waals surface area contributed by atoms with Crippen LogP contribution in [0.5, 0.6) is 11.5 Å². The van der Waals surface area contributed by atoms with E-state index in [1.54, 1.807) is 14.2 Å². The molecule has 1 aliphatic heterocycles. The maximum atomic E-state index is 12.9. The van der Waals surface area contributed by atoms with Gasteiger partial charge in [0.05, 0.1) is 37.3 Å². The van der Waals surface area contributed by atoms with E-state index in [4.69, 9.17) is 25.2 Å². The Labute approximate surface area is 205 Å². The highest BCUT2D eigenvalue weighted by Gasteiger charge is 2.29. The summed E-state index contributed by atoms with van der Waals surface area (Å²) < 4.78 is 11.5. The van der Waals surface area contributed by atoms with Gasteiger partial charge in [-0.2, -0.15) is 0 Å². The first kappa shape index (κ1) is 23.7. The van der Waals surface area contributed by atoms with Crippen LogP contribution in [-0.2, 0) is 4.79 Å². The Bertz CT molecular complexity index is 1260. The summed E-state index contributed by atoms with van der Waals surface area (Å²) >= 11 is 2.52. The molecule has 1 aliphatic rings. The number of aromatic nitrogens is 2. The molecule has 0 radical (unpaired) electrons. The van der Waals surface area contributed by atoms with E-state index < -0.39 is 0 Å². The van der Waals surface area contributed by atoms with Gasteiger partial charge in [-0.15, -0.1) is 10.2 Å². The van der Waals surface area contributed by atoms with Crippen molar-refractivity contribution in [3.05, 3.63) is 48.0 Å². The fraction of sp³-hybridized carbons (Fsp3) is 0.261. The van der Waals surface area contributed by atoms with Crippen molar-refractivity contribution in [1.29, 1.82) is 0 Å². The van der Waals surface area contributed by atoms with Crippen molar-refractivity contribution in [3.63, 3.8) is 0 Å². The van der Waals surface area contributed by atoms with Gasteiger partial charge in [-0.1, -0.05) is 48.2 Å². The van der Waals surface area contributed by atoms with Crippen LogP contribution in [-0.4, -0.2) is 47.6 Å². The van der Waals surface area contributed by atoms with Crippen molar-refractivity contribution in [2.45, 2.75) is 23.6 Å². The molecule has 1 unspecified atom stereocenters. The van der Waals surface area contributed by atoms with Crippen LogP contribution in [0.25, 0.3) is 0 Å². The lowest BCUT2D eigenvalue weighted by molar-refractivity contribution is -0.117. The summed E-state index contributed by atoms with van der Waals surface area (Å²) in [6.07, 6.45) is 0.668. The number of fused-ring (bicyclic) bond motifs is 1. The fourth-order valence-electron chi connectivity index (χ4n) is 3.58. The topological polar surface area (TPSA) is 124 Å². The number of amides is 1. The van der Waals surface area contributed by atoms with E-state index in [9.17, 15) is 4.79 Å². The molecule has 2 heterocycles. The van der Waals surface area contributed by atoms with E-state index in [1.165, 1.54) is 23.1 Å². The van der Waals surface area contributed by atoms with E-state index in [2.05, 4.69) is 15.5 Å². The van der Waals surface area contributed by atoms with Crippen LogP contribution in [0, 0.1) is 0 Å². The Hall–Kier alpha value is -3.44. The Morgan fingerprint density at radius 2 is 1.82 bits per heavy atom. The summed E-state index contributed by atoms with van der Waals surface area (Å²) in [5.41, 5.74) is 8.84. The second-order valence-electron chi connectivity index (χ2n) is 7.23. The average Bonchev–Trinajstić information content (AvgIpc) is 3.20. The quantitative estimate of drug-likeness (QED) is 0.466. The number of nitrogens with zero attached hydrogens (tertiary/aromatic N) is 4. The van der Waals surface area contributed by atoms with Crippen molar-refractivity contribution in [3.8, 4) is 11.5 Å². The molecule has 176 valence electrons. The molecule has 34 heavy (non-hydrogen) atoms. The van der Waals surface area contributed by atoms with Crippen LogP contribution in [0.3, 0.4) is 0 Å². The van der Waals surface area contributed by atoms with E-state index in [0.29, 0.717) is 38.9 Å². The summed E-state index contributed by atoms with van der Waals surface area (Å²) in [5, 5.41) is 11.1. The van der Waals surface area contributed by atoms with Gasteiger partial charge in [0.1, 0.15) is 5.84 Å². The highest BCUT2D eigenvalue weighted by Crippen LogP contribution is 2.37. The van der Waals surface area contributed by atoms with Gasteiger partial charge in [0.25, 0.3) is 0 Å². The van der Waals surface area contributed by atoms with Gasteiger partial charge >= 0.3 is 0 Å². The molecule has 4 rings (SSSR count). The Kier molecular flexibility index (Phi) is 7.43. The van der Waals surface area contributed by atoms with Crippen molar-refractivity contribution in [2.75, 3.05) is 25.7 Å². The third kappa shape index (κ3) is 5.20. The van der Waals surface area contributed by atoms with Crippen molar-refractivity contribution in [2.24, 2.45) is 9.98 Å². The number of methoxy groups -OCH3 is 2. The van der Waals surface area contributed by atoms with Crippen LogP contribution < -0.4 is 20.5 Å². The summed E-state index contributed by atoms with van der Waals surface area (Å²) in [7, 11) is 3.18. The number of aliphatic imine (C=N–C) groups is 2. The second kappa shape index (κ2) is 10.7. The Balaban J connectivity index is 1.71. The van der Waals surface area contributed by atoms with Gasteiger partial charge in [-0.3, -0.25) is 9.79 Å². The van der Waals surface area contributed by atoms with Crippen molar-refractivity contribution in [1.82, 2.24) is 15.5 Å². The smallest absolute Gasteiger partial charge is 0.235 e. The molecular weight excluding hydrogens is 472 g/mol. The number of thioether (sulfide) groups is 1. The number of nitrogens with two attached hydrogens (primary N) is 1. The first-order valence-electron chi connectivity index (χ1n) is 10.5. The standard InChI is InChI=1S/C23H24N6O3S2/c1-4-14-20(13-9-10-17(31-2)18(11-13)32-3)21(26-16-8-6-5-7-15(16)25-14)27-19(30)12-33-23-29-28-22(24)34-23/h5-11,20H,4,12H2,1-3H3,(H2,24,28)(H,26,27,30). The molecule has 0 spiro atoms. The monoisotopic (exact) mass is 496 g/mol. The lowest BCUT2D eigenvalue weighted by Crippen LogP contribution is -2.38. The number of hydrogen-bond acceptors (Lipinski definition) is 10. The minimum Gasteiger partial charge on any atom is -0.493 e. The van der Waals surface area contributed by atoms with E-state index in [1.807, 2.05) is 49.4 Å². The number of rotatable bonds is 7. The number of para-hydroxylation sites is 2. The van der Waals surface area contributed by atoms with Gasteiger partial charge < -0.3 is 20.5 Å². The molecule has 9 nitrogen and oxygen atoms in total. The van der Waals surface area contributed by atoms with Gasteiger partial charge in [-0.25, -0.2) is 4.99 Å². The van der Waals surface area contributed by atoms with E-state index in [0.717, 1.165) is 17.0 Å². The predicted octanol–water partition coefficient (Wildman–Crippen LogP) is 4.36. The third-order valence-corrected chi connectivity index (χ3v) is 7.00. The number of carbonyl (C=O) groups is 1. The molecular formula is C23H24N6O3S2. The number of amidine groups is 1. The molecule has 0 fully saturated rings. The molecule has 3 aromatic rings. The van der Waals surface area contributed by atoms with Crippen LogP contribution in [0.15, 0.2) is 56.8 Å². The number of nitrogens with one attached hydrogen (secondary N) is 1. The highest BCUT2D eigenvalue weighted by atomic mass is 32.2. The number of hydrogen-bond donors (Lipinski definition) is 2. The van der Waals surface area contributed by atoms with Gasteiger partial charge in [0.2, 0.25) is 11.0 Å². The Morgan fingerprint density at radius 3 is 2.47 bits per heavy atom. The molecule has 0 aliphatic carbocycles. The van der Waals surface area contributed by atoms with E-state index in [-0.39, 0.29) is 17.6 Å². The number of ether oxygens (including phenoxy) is 2. The predicted molar refractivity (Wildman–Crippen MR) is 136 cm³/mol. The fourth-order valence-corrected chi connectivity index (χ4v) is 5.01. The maximum absolute atomic E-state index is 12.9. The Morgan fingerprint density at radius 1 is 1.09 bits per heavy atom. The number of benzene rings is 2. The number of carbonyl (C=O) groups excluding carboxylic acids is 1. The summed E-state index contributed by atoms with van der Waals surface area (Å²) in [5.74, 6) is 1.27. The zero-order valence-corrected chi connectivity index (χ0v) is 20.6. The SMILES string of the molecule is CCC1=Nc2ccccc2N=C(NC(=O)CSc2nnc(N)s2)C1c1ccc(OC)c(OC)c1. The maximum Gasteiger partial charge on any atom is 0.235 e. The van der Waals surface area contributed by atoms with Crippen LogP contribution in [0.1, 0.15) is 24.8 Å². The lowest BCUT2D eigenvalue weighted by atomic mass is 9.90. The minimum atomic E-state index is -0.372. The molecule has 1 amide bonds. The van der Waals surface area contributed by atoms with E-state index >= 15 is 0 Å².